The van der Waals surface area contributed by atoms with Crippen LogP contribution >= 0.6 is 0 Å². The summed E-state index contributed by atoms with van der Waals surface area (Å²) in [4.78, 5) is 10.8. The Balaban J connectivity index is 2.43. The molecule has 0 radical (unpaired) electrons. The van der Waals surface area contributed by atoms with E-state index < -0.39 is 0 Å². The zero-order chi connectivity index (χ0) is 10.4. The zero-order valence-corrected chi connectivity index (χ0v) is 8.27. The van der Waals surface area contributed by atoms with Crippen molar-refractivity contribution in [2.24, 2.45) is 5.73 Å². The average Bonchev–Trinajstić information content (AvgIpc) is 2.26. The third-order valence-electron chi connectivity index (χ3n) is 2.03. The van der Waals surface area contributed by atoms with E-state index in [2.05, 4.69) is 0 Å². The molecule has 14 heavy (non-hydrogen) atoms. The molecule has 1 aromatic rings. The Morgan fingerprint density at radius 3 is 2.64 bits per heavy atom. The molecule has 2 N–H and O–H groups in total. The van der Waals surface area contributed by atoms with Crippen LogP contribution < -0.4 is 5.73 Å². The molecule has 1 unspecified atom stereocenters. The maximum Gasteiger partial charge on any atom is 0.319 e. The van der Waals surface area contributed by atoms with Crippen LogP contribution in [0.5, 0.6) is 0 Å². The molecule has 0 aromatic heterocycles. The highest BCUT2D eigenvalue weighted by molar-refractivity contribution is 5.71. The molecule has 0 fully saturated rings. The van der Waals surface area contributed by atoms with Gasteiger partial charge in [-0.15, -0.1) is 0 Å². The van der Waals surface area contributed by atoms with Gasteiger partial charge in [-0.25, -0.2) is 0 Å². The molecule has 0 spiro atoms. The van der Waals surface area contributed by atoms with Crippen LogP contribution in [-0.4, -0.2) is 19.1 Å². The fraction of sp³-hybridized carbons (Fsp3) is 0.364. The molecule has 1 aromatic carbocycles. The van der Waals surface area contributed by atoms with Gasteiger partial charge in [0.1, 0.15) is 0 Å². The zero-order valence-electron chi connectivity index (χ0n) is 8.27. The van der Waals surface area contributed by atoms with Crippen LogP contribution in [0, 0.1) is 0 Å². The van der Waals surface area contributed by atoms with E-state index in [1.807, 2.05) is 37.3 Å². The number of nitrogens with two attached hydrogens (primary N) is 1. The number of ether oxygens (including phenoxy) is 1. The maximum absolute atomic E-state index is 10.8. The molecule has 0 aliphatic heterocycles. The van der Waals surface area contributed by atoms with Gasteiger partial charge in [0, 0.05) is 5.92 Å². The van der Waals surface area contributed by atoms with Crippen LogP contribution in [0.3, 0.4) is 0 Å². The van der Waals surface area contributed by atoms with Crippen LogP contribution in [0.1, 0.15) is 18.4 Å². The average molecular weight is 193 g/mol. The van der Waals surface area contributed by atoms with Gasteiger partial charge in [-0.1, -0.05) is 37.3 Å². The van der Waals surface area contributed by atoms with Crippen molar-refractivity contribution in [3.8, 4) is 0 Å². The van der Waals surface area contributed by atoms with Gasteiger partial charge < -0.3 is 10.5 Å². The van der Waals surface area contributed by atoms with Crippen molar-refractivity contribution in [1.82, 2.24) is 0 Å². The summed E-state index contributed by atoms with van der Waals surface area (Å²) in [5.41, 5.74) is 6.29. The Hall–Kier alpha value is -1.35. The lowest BCUT2D eigenvalue weighted by Crippen LogP contribution is -2.19. The predicted molar refractivity (Wildman–Crippen MR) is 54.9 cm³/mol. The highest BCUT2D eigenvalue weighted by Gasteiger charge is 2.07. The van der Waals surface area contributed by atoms with Gasteiger partial charge in [-0.3, -0.25) is 4.79 Å². The summed E-state index contributed by atoms with van der Waals surface area (Å²) in [7, 11) is 0. The van der Waals surface area contributed by atoms with Gasteiger partial charge in [0.05, 0.1) is 13.2 Å². The summed E-state index contributed by atoms with van der Waals surface area (Å²) >= 11 is 0. The molecule has 3 nitrogen and oxygen atoms in total. The van der Waals surface area contributed by atoms with Crippen molar-refractivity contribution in [2.45, 2.75) is 12.8 Å². The summed E-state index contributed by atoms with van der Waals surface area (Å²) in [6.45, 7) is 2.35. The fourth-order valence-corrected chi connectivity index (χ4v) is 1.15. The smallest absolute Gasteiger partial charge is 0.319 e. The quantitative estimate of drug-likeness (QED) is 0.733. The Morgan fingerprint density at radius 2 is 2.07 bits per heavy atom. The summed E-state index contributed by atoms with van der Waals surface area (Å²) in [5, 5.41) is 0. The lowest BCUT2D eigenvalue weighted by Gasteiger charge is -2.11. The van der Waals surface area contributed by atoms with Gasteiger partial charge in [-0.2, -0.15) is 0 Å². The Bertz CT molecular complexity index is 285. The third-order valence-corrected chi connectivity index (χ3v) is 2.03. The summed E-state index contributed by atoms with van der Waals surface area (Å²) < 4.78 is 4.94. The van der Waals surface area contributed by atoms with Gasteiger partial charge in [0.15, 0.2) is 0 Å². The van der Waals surface area contributed by atoms with Crippen LogP contribution in [0.25, 0.3) is 0 Å². The molecule has 76 valence electrons. The van der Waals surface area contributed by atoms with Crippen LogP contribution in [-0.2, 0) is 9.53 Å². The first-order valence-corrected chi connectivity index (χ1v) is 4.64. The molecule has 3 heteroatoms. The molecule has 0 saturated heterocycles. The standard InChI is InChI=1S/C11H15NO2/c1-9(8-14-11(13)7-12)10-5-3-2-4-6-10/h2-6,9H,7-8,12H2,1H3. The molecule has 1 atom stereocenters. The minimum absolute atomic E-state index is 0.0541. The van der Waals surface area contributed by atoms with Crippen molar-refractivity contribution in [1.29, 1.82) is 0 Å². The normalized spacial score (nSPS) is 12.1. The number of benzene rings is 1. The van der Waals surface area contributed by atoms with E-state index in [9.17, 15) is 4.79 Å². The first-order valence-electron chi connectivity index (χ1n) is 4.64. The van der Waals surface area contributed by atoms with Crippen LogP contribution in [0.4, 0.5) is 0 Å². The van der Waals surface area contributed by atoms with Crippen molar-refractivity contribution >= 4 is 5.97 Å². The SMILES string of the molecule is CC(COC(=O)CN)c1ccccc1. The largest absolute Gasteiger partial charge is 0.464 e. The Labute approximate surface area is 83.9 Å². The number of hydrogen-bond donors (Lipinski definition) is 1. The summed E-state index contributed by atoms with van der Waals surface area (Å²) in [6.07, 6.45) is 0. The van der Waals surface area contributed by atoms with E-state index in [1.54, 1.807) is 0 Å². The van der Waals surface area contributed by atoms with Crippen molar-refractivity contribution in [2.75, 3.05) is 13.2 Å². The summed E-state index contributed by atoms with van der Waals surface area (Å²) in [5.74, 6) is -0.139. The van der Waals surface area contributed by atoms with Crippen molar-refractivity contribution in [3.63, 3.8) is 0 Å². The first-order chi connectivity index (χ1) is 6.74. The van der Waals surface area contributed by atoms with Crippen molar-refractivity contribution < 1.29 is 9.53 Å². The molecule has 0 aliphatic rings. The third kappa shape index (κ3) is 3.18. The Kier molecular flexibility index (Phi) is 4.13. The van der Waals surface area contributed by atoms with Gasteiger partial charge in [-0.05, 0) is 5.56 Å². The molecule has 0 heterocycles. The van der Waals surface area contributed by atoms with Gasteiger partial charge in [0.2, 0.25) is 0 Å². The van der Waals surface area contributed by atoms with Crippen LogP contribution in [0.2, 0.25) is 0 Å². The number of rotatable bonds is 4. The molecular weight excluding hydrogens is 178 g/mol. The van der Waals surface area contributed by atoms with E-state index >= 15 is 0 Å². The topological polar surface area (TPSA) is 52.3 Å². The maximum atomic E-state index is 10.8. The fourth-order valence-electron chi connectivity index (χ4n) is 1.15. The molecule has 1 rings (SSSR count). The van der Waals surface area contributed by atoms with E-state index in [1.165, 1.54) is 0 Å². The lowest BCUT2D eigenvalue weighted by atomic mass is 10.0. The van der Waals surface area contributed by atoms with E-state index in [0.29, 0.717) is 6.61 Å². The number of carbonyl (C=O) groups excluding carboxylic acids is 1. The highest BCUT2D eigenvalue weighted by atomic mass is 16.5. The summed E-state index contributed by atoms with van der Waals surface area (Å²) in [6, 6.07) is 9.93. The van der Waals surface area contributed by atoms with E-state index in [-0.39, 0.29) is 18.4 Å². The van der Waals surface area contributed by atoms with Crippen molar-refractivity contribution in [3.05, 3.63) is 35.9 Å². The number of esters is 1. The molecular formula is C11H15NO2. The molecule has 0 bridgehead atoms. The van der Waals surface area contributed by atoms with Gasteiger partial charge in [0.25, 0.3) is 0 Å². The Morgan fingerprint density at radius 1 is 1.43 bits per heavy atom. The highest BCUT2D eigenvalue weighted by Crippen LogP contribution is 2.14. The second-order valence-corrected chi connectivity index (χ2v) is 3.20. The number of carbonyl (C=O) groups is 1. The van der Waals surface area contributed by atoms with Crippen LogP contribution in [0.15, 0.2) is 30.3 Å². The monoisotopic (exact) mass is 193 g/mol. The molecule has 0 aliphatic carbocycles. The van der Waals surface area contributed by atoms with Gasteiger partial charge >= 0.3 is 5.97 Å². The van der Waals surface area contributed by atoms with E-state index in [4.69, 9.17) is 10.5 Å². The number of hydrogen-bond acceptors (Lipinski definition) is 3. The predicted octanol–water partition coefficient (Wildman–Crippen LogP) is 1.29. The molecule has 0 amide bonds. The molecule has 0 saturated carbocycles. The lowest BCUT2D eigenvalue weighted by molar-refractivity contribution is -0.142. The second kappa shape index (κ2) is 5.40. The second-order valence-electron chi connectivity index (χ2n) is 3.20. The van der Waals surface area contributed by atoms with E-state index in [0.717, 1.165) is 5.56 Å². The minimum atomic E-state index is -0.354. The first kappa shape index (κ1) is 10.7. The minimum Gasteiger partial charge on any atom is -0.464 e.